The molecule has 0 unspecified atom stereocenters. The Morgan fingerprint density at radius 1 is 1.12 bits per heavy atom. The quantitative estimate of drug-likeness (QED) is 0.591. The molecular formula is C13H21NO2. The van der Waals surface area contributed by atoms with Crippen LogP contribution in [0.25, 0.3) is 0 Å². The first-order chi connectivity index (χ1) is 7.69. The third-order valence-corrected chi connectivity index (χ3v) is 2.67. The molecule has 3 nitrogen and oxygen atoms in total. The second-order valence-corrected chi connectivity index (χ2v) is 3.93. The van der Waals surface area contributed by atoms with Gasteiger partial charge in [-0.15, -0.1) is 0 Å². The van der Waals surface area contributed by atoms with E-state index >= 15 is 0 Å². The first-order valence-electron chi connectivity index (χ1n) is 5.52. The van der Waals surface area contributed by atoms with Gasteiger partial charge in [0.1, 0.15) is 5.75 Å². The Morgan fingerprint density at radius 2 is 1.88 bits per heavy atom. The van der Waals surface area contributed by atoms with Crippen LogP contribution in [0.1, 0.15) is 16.7 Å². The largest absolute Gasteiger partial charge is 0.496 e. The van der Waals surface area contributed by atoms with E-state index in [0.29, 0.717) is 6.73 Å². The molecule has 0 radical (unpaired) electrons. The number of ether oxygens (including phenoxy) is 2. The van der Waals surface area contributed by atoms with Gasteiger partial charge in [0.2, 0.25) is 0 Å². The second-order valence-electron chi connectivity index (χ2n) is 3.93. The third kappa shape index (κ3) is 3.51. The van der Waals surface area contributed by atoms with Gasteiger partial charge in [0, 0.05) is 13.7 Å². The van der Waals surface area contributed by atoms with Gasteiger partial charge in [0.15, 0.2) is 0 Å². The zero-order valence-electron chi connectivity index (χ0n) is 10.6. The van der Waals surface area contributed by atoms with Crippen LogP contribution in [-0.4, -0.2) is 27.5 Å². The molecule has 0 saturated carbocycles. The van der Waals surface area contributed by atoms with E-state index < -0.39 is 0 Å². The SMILES string of the molecule is COCNCCc1cc(C)c(OC)cc1C. The Labute approximate surface area is 97.8 Å². The normalized spacial score (nSPS) is 10.5. The van der Waals surface area contributed by atoms with E-state index in [-0.39, 0.29) is 0 Å². The molecule has 1 aromatic carbocycles. The molecule has 0 atom stereocenters. The summed E-state index contributed by atoms with van der Waals surface area (Å²) in [6.45, 7) is 5.73. The standard InChI is InChI=1S/C13H21NO2/c1-10-8-13(16-4)11(2)7-12(10)5-6-14-9-15-3/h7-8,14H,5-6,9H2,1-4H3. The molecule has 0 fully saturated rings. The molecule has 0 aliphatic rings. The topological polar surface area (TPSA) is 30.5 Å². The highest BCUT2D eigenvalue weighted by atomic mass is 16.5. The van der Waals surface area contributed by atoms with Crippen LogP contribution >= 0.6 is 0 Å². The molecule has 1 aromatic rings. The molecular weight excluding hydrogens is 202 g/mol. The van der Waals surface area contributed by atoms with E-state index in [0.717, 1.165) is 18.7 Å². The minimum absolute atomic E-state index is 0.605. The van der Waals surface area contributed by atoms with Crippen LogP contribution in [0, 0.1) is 13.8 Å². The first-order valence-corrected chi connectivity index (χ1v) is 5.52. The van der Waals surface area contributed by atoms with Crippen molar-refractivity contribution in [1.82, 2.24) is 5.32 Å². The average Bonchev–Trinajstić information content (AvgIpc) is 2.28. The smallest absolute Gasteiger partial charge is 0.122 e. The van der Waals surface area contributed by atoms with Crippen LogP contribution < -0.4 is 10.1 Å². The fourth-order valence-electron chi connectivity index (χ4n) is 1.74. The Balaban J connectivity index is 2.63. The highest BCUT2D eigenvalue weighted by molar-refractivity contribution is 5.41. The van der Waals surface area contributed by atoms with Gasteiger partial charge in [-0.3, -0.25) is 5.32 Å². The van der Waals surface area contributed by atoms with Crippen LogP contribution in [0.5, 0.6) is 5.75 Å². The second kappa shape index (κ2) is 6.51. The summed E-state index contributed by atoms with van der Waals surface area (Å²) in [6.07, 6.45) is 1.01. The molecule has 90 valence electrons. The Kier molecular flexibility index (Phi) is 5.29. The molecule has 3 heteroatoms. The van der Waals surface area contributed by atoms with E-state index in [9.17, 15) is 0 Å². The molecule has 1 rings (SSSR count). The summed E-state index contributed by atoms with van der Waals surface area (Å²) in [5.41, 5.74) is 3.83. The fraction of sp³-hybridized carbons (Fsp3) is 0.538. The molecule has 0 aromatic heterocycles. The fourth-order valence-corrected chi connectivity index (χ4v) is 1.74. The monoisotopic (exact) mass is 223 g/mol. The van der Waals surface area contributed by atoms with Crippen LogP contribution in [0.4, 0.5) is 0 Å². The van der Waals surface area contributed by atoms with Gasteiger partial charge in [-0.05, 0) is 43.0 Å². The van der Waals surface area contributed by atoms with E-state index in [1.165, 1.54) is 16.7 Å². The Bertz CT molecular complexity index is 337. The number of aryl methyl sites for hydroxylation is 2. The third-order valence-electron chi connectivity index (χ3n) is 2.67. The predicted molar refractivity (Wildman–Crippen MR) is 66.1 cm³/mol. The van der Waals surface area contributed by atoms with Gasteiger partial charge >= 0.3 is 0 Å². The van der Waals surface area contributed by atoms with Crippen molar-refractivity contribution in [1.29, 1.82) is 0 Å². The maximum Gasteiger partial charge on any atom is 0.122 e. The summed E-state index contributed by atoms with van der Waals surface area (Å²) in [5, 5.41) is 3.21. The molecule has 0 aliphatic carbocycles. The lowest BCUT2D eigenvalue weighted by Gasteiger charge is -2.11. The Morgan fingerprint density at radius 3 is 2.50 bits per heavy atom. The molecule has 0 amide bonds. The number of nitrogens with one attached hydrogen (secondary N) is 1. The predicted octanol–water partition coefficient (Wildman–Crippen LogP) is 2.05. The van der Waals surface area contributed by atoms with Crippen LogP contribution in [-0.2, 0) is 11.2 Å². The maximum atomic E-state index is 5.29. The molecule has 16 heavy (non-hydrogen) atoms. The van der Waals surface area contributed by atoms with Crippen molar-refractivity contribution in [2.75, 3.05) is 27.5 Å². The lowest BCUT2D eigenvalue weighted by atomic mass is 10.0. The number of benzene rings is 1. The van der Waals surface area contributed by atoms with E-state index in [2.05, 4.69) is 31.3 Å². The number of hydrogen-bond acceptors (Lipinski definition) is 3. The molecule has 1 N–H and O–H groups in total. The minimum Gasteiger partial charge on any atom is -0.496 e. The zero-order chi connectivity index (χ0) is 12.0. The van der Waals surface area contributed by atoms with Crippen molar-refractivity contribution in [3.8, 4) is 5.75 Å². The van der Waals surface area contributed by atoms with Gasteiger partial charge in [-0.25, -0.2) is 0 Å². The number of rotatable bonds is 6. The van der Waals surface area contributed by atoms with Crippen LogP contribution in [0.2, 0.25) is 0 Å². The van der Waals surface area contributed by atoms with Crippen LogP contribution in [0.3, 0.4) is 0 Å². The molecule has 0 spiro atoms. The highest BCUT2D eigenvalue weighted by Crippen LogP contribution is 2.22. The summed E-state index contributed by atoms with van der Waals surface area (Å²) >= 11 is 0. The first kappa shape index (κ1) is 13.0. The molecule has 0 heterocycles. The van der Waals surface area contributed by atoms with E-state index in [1.807, 2.05) is 0 Å². The minimum atomic E-state index is 0.605. The van der Waals surface area contributed by atoms with Gasteiger partial charge in [0.05, 0.1) is 13.8 Å². The van der Waals surface area contributed by atoms with Crippen molar-refractivity contribution < 1.29 is 9.47 Å². The summed E-state index contributed by atoms with van der Waals surface area (Å²) in [6, 6.07) is 4.30. The number of methoxy groups -OCH3 is 2. The van der Waals surface area contributed by atoms with Gasteiger partial charge in [0.25, 0.3) is 0 Å². The molecule has 0 aliphatic heterocycles. The van der Waals surface area contributed by atoms with Gasteiger partial charge in [-0.2, -0.15) is 0 Å². The summed E-state index contributed by atoms with van der Waals surface area (Å²) in [5.74, 6) is 0.964. The highest BCUT2D eigenvalue weighted by Gasteiger charge is 2.04. The van der Waals surface area contributed by atoms with Crippen molar-refractivity contribution >= 4 is 0 Å². The van der Waals surface area contributed by atoms with E-state index in [4.69, 9.17) is 9.47 Å². The lowest BCUT2D eigenvalue weighted by molar-refractivity contribution is 0.176. The van der Waals surface area contributed by atoms with Crippen molar-refractivity contribution in [2.24, 2.45) is 0 Å². The average molecular weight is 223 g/mol. The van der Waals surface area contributed by atoms with E-state index in [1.54, 1.807) is 14.2 Å². The Hall–Kier alpha value is -1.06. The van der Waals surface area contributed by atoms with Gasteiger partial charge in [-0.1, -0.05) is 6.07 Å². The lowest BCUT2D eigenvalue weighted by Crippen LogP contribution is -2.19. The van der Waals surface area contributed by atoms with Crippen LogP contribution in [0.15, 0.2) is 12.1 Å². The maximum absolute atomic E-state index is 5.29. The summed E-state index contributed by atoms with van der Waals surface area (Å²) < 4.78 is 10.2. The summed E-state index contributed by atoms with van der Waals surface area (Å²) in [7, 11) is 3.40. The van der Waals surface area contributed by atoms with Crippen molar-refractivity contribution in [3.63, 3.8) is 0 Å². The number of hydrogen-bond donors (Lipinski definition) is 1. The zero-order valence-corrected chi connectivity index (χ0v) is 10.6. The molecule has 0 saturated heterocycles. The van der Waals surface area contributed by atoms with Crippen molar-refractivity contribution in [2.45, 2.75) is 20.3 Å². The van der Waals surface area contributed by atoms with Gasteiger partial charge < -0.3 is 9.47 Å². The van der Waals surface area contributed by atoms with Crippen molar-refractivity contribution in [3.05, 3.63) is 28.8 Å². The summed E-state index contributed by atoms with van der Waals surface area (Å²) in [4.78, 5) is 0. The molecule has 0 bridgehead atoms.